The van der Waals surface area contributed by atoms with Crippen LogP contribution in [0.2, 0.25) is 0 Å². The van der Waals surface area contributed by atoms with Crippen LogP contribution in [0.1, 0.15) is 25.6 Å². The number of halogens is 1. The molecule has 92 valence electrons. The number of carbonyl (C=O) groups is 1. The molecule has 2 N–H and O–H groups in total. The Morgan fingerprint density at radius 2 is 2.12 bits per heavy atom. The smallest absolute Gasteiger partial charge is 0.313 e. The molecule has 0 radical (unpaired) electrons. The van der Waals surface area contributed by atoms with Crippen molar-refractivity contribution >= 4 is 18.4 Å². The van der Waals surface area contributed by atoms with Crippen LogP contribution in [0.5, 0.6) is 0 Å². The first-order chi connectivity index (χ1) is 6.91. The van der Waals surface area contributed by atoms with Crippen LogP contribution in [-0.4, -0.2) is 17.6 Å². The van der Waals surface area contributed by atoms with E-state index in [9.17, 15) is 4.79 Å². The largest absolute Gasteiger partial charge is 0.469 e. The van der Waals surface area contributed by atoms with Gasteiger partial charge in [0.25, 0.3) is 0 Å². The second-order valence-electron chi connectivity index (χ2n) is 4.23. The fourth-order valence-electron chi connectivity index (χ4n) is 1.56. The second-order valence-corrected chi connectivity index (χ2v) is 4.23. The van der Waals surface area contributed by atoms with Crippen LogP contribution < -0.4 is 5.73 Å². The van der Waals surface area contributed by atoms with Crippen LogP contribution >= 0.6 is 12.4 Å². The fraction of sp³-hybridized carbons (Fsp3) is 0.545. The van der Waals surface area contributed by atoms with Gasteiger partial charge < -0.3 is 15.0 Å². The number of hydrogen-bond donors (Lipinski definition) is 1. The topological polar surface area (TPSA) is 57.2 Å². The summed E-state index contributed by atoms with van der Waals surface area (Å²) in [4.78, 5) is 11.6. The van der Waals surface area contributed by atoms with Crippen molar-refractivity contribution < 1.29 is 9.53 Å². The number of nitrogens with two attached hydrogens (primary N) is 1. The Hall–Kier alpha value is -1.00. The minimum atomic E-state index is -0.721. The number of hydrogen-bond acceptors (Lipinski definition) is 3. The Kier molecular flexibility index (Phi) is 5.03. The van der Waals surface area contributed by atoms with Gasteiger partial charge in [-0.25, -0.2) is 0 Å². The molecular weight excluding hydrogens is 228 g/mol. The van der Waals surface area contributed by atoms with Crippen LogP contribution in [-0.2, 0) is 16.6 Å². The van der Waals surface area contributed by atoms with Crippen molar-refractivity contribution in [3.63, 3.8) is 0 Å². The molecule has 0 saturated carbocycles. The molecule has 0 fully saturated rings. The molecular formula is C11H19ClN2O2. The molecule has 0 aromatic carbocycles. The second kappa shape index (κ2) is 5.37. The van der Waals surface area contributed by atoms with Gasteiger partial charge in [0.1, 0.15) is 0 Å². The van der Waals surface area contributed by atoms with Gasteiger partial charge in [-0.3, -0.25) is 4.79 Å². The Morgan fingerprint density at radius 3 is 2.50 bits per heavy atom. The number of methoxy groups -OCH3 is 1. The number of rotatable bonds is 3. The van der Waals surface area contributed by atoms with Crippen molar-refractivity contribution in [3.8, 4) is 0 Å². The van der Waals surface area contributed by atoms with E-state index in [1.807, 2.05) is 29.9 Å². The molecule has 0 amide bonds. The maximum atomic E-state index is 11.6. The highest BCUT2D eigenvalue weighted by Crippen LogP contribution is 2.32. The number of aryl methyl sites for hydroxylation is 1. The Morgan fingerprint density at radius 1 is 1.56 bits per heavy atom. The summed E-state index contributed by atoms with van der Waals surface area (Å²) in [7, 11) is 3.28. The highest BCUT2D eigenvalue weighted by Gasteiger charge is 2.37. The zero-order valence-electron chi connectivity index (χ0n) is 10.1. The van der Waals surface area contributed by atoms with Gasteiger partial charge in [0.2, 0.25) is 0 Å². The van der Waals surface area contributed by atoms with E-state index >= 15 is 0 Å². The quantitative estimate of drug-likeness (QED) is 0.825. The molecule has 0 saturated heterocycles. The van der Waals surface area contributed by atoms with Crippen LogP contribution in [0.3, 0.4) is 0 Å². The van der Waals surface area contributed by atoms with E-state index in [1.165, 1.54) is 7.11 Å². The number of ether oxygens (including phenoxy) is 1. The van der Waals surface area contributed by atoms with Crippen molar-refractivity contribution in [3.05, 3.63) is 24.0 Å². The third-order valence-electron chi connectivity index (χ3n) is 2.79. The number of nitrogens with zero attached hydrogens (tertiary/aromatic N) is 1. The van der Waals surface area contributed by atoms with Gasteiger partial charge >= 0.3 is 5.97 Å². The summed E-state index contributed by atoms with van der Waals surface area (Å²) in [5, 5.41) is 0. The summed E-state index contributed by atoms with van der Waals surface area (Å²) in [6.07, 6.45) is 1.91. The van der Waals surface area contributed by atoms with E-state index in [1.54, 1.807) is 13.8 Å². The number of esters is 1. The average Bonchev–Trinajstić information content (AvgIpc) is 2.61. The minimum absolute atomic E-state index is 0. The third kappa shape index (κ3) is 2.57. The Bertz CT molecular complexity index is 361. The first kappa shape index (κ1) is 15.0. The molecule has 16 heavy (non-hydrogen) atoms. The zero-order valence-corrected chi connectivity index (χ0v) is 10.9. The Balaban J connectivity index is 0.00000225. The molecule has 0 unspecified atom stereocenters. The predicted octanol–water partition coefficient (Wildman–Crippen LogP) is 1.65. The fourth-order valence-corrected chi connectivity index (χ4v) is 1.56. The highest BCUT2D eigenvalue weighted by molar-refractivity contribution is 5.85. The predicted molar refractivity (Wildman–Crippen MR) is 65.4 cm³/mol. The maximum absolute atomic E-state index is 11.6. The zero-order chi connectivity index (χ0) is 11.6. The molecule has 4 nitrogen and oxygen atoms in total. The van der Waals surface area contributed by atoms with Crippen molar-refractivity contribution in [2.45, 2.75) is 19.9 Å². The molecule has 0 spiro atoms. The lowest BCUT2D eigenvalue weighted by molar-refractivity contribution is -0.152. The van der Waals surface area contributed by atoms with Crippen LogP contribution in [0, 0.1) is 5.41 Å². The SMILES string of the molecule is COC(=O)C(C)(C)[C@@H](N)c1cccn1C.Cl. The van der Waals surface area contributed by atoms with Crippen LogP contribution in [0.4, 0.5) is 0 Å². The summed E-state index contributed by atoms with van der Waals surface area (Å²) < 4.78 is 6.66. The minimum Gasteiger partial charge on any atom is -0.469 e. The van der Waals surface area contributed by atoms with E-state index in [4.69, 9.17) is 10.5 Å². The summed E-state index contributed by atoms with van der Waals surface area (Å²) >= 11 is 0. The van der Waals surface area contributed by atoms with E-state index in [-0.39, 0.29) is 24.4 Å². The first-order valence-electron chi connectivity index (χ1n) is 4.86. The van der Waals surface area contributed by atoms with E-state index in [0.29, 0.717) is 0 Å². The molecule has 0 aliphatic heterocycles. The first-order valence-corrected chi connectivity index (χ1v) is 4.86. The Labute approximate surface area is 102 Å². The van der Waals surface area contributed by atoms with Gasteiger partial charge in [-0.15, -0.1) is 12.4 Å². The van der Waals surface area contributed by atoms with Gasteiger partial charge in [-0.1, -0.05) is 0 Å². The number of aromatic nitrogens is 1. The monoisotopic (exact) mass is 246 g/mol. The molecule has 0 aliphatic rings. The molecule has 1 atom stereocenters. The molecule has 0 bridgehead atoms. The summed E-state index contributed by atoms with van der Waals surface area (Å²) in [5.41, 5.74) is 6.27. The van der Waals surface area contributed by atoms with Crippen molar-refractivity contribution in [1.82, 2.24) is 4.57 Å². The molecule has 1 heterocycles. The lowest BCUT2D eigenvalue weighted by Crippen LogP contribution is -2.38. The normalized spacial score (nSPS) is 12.8. The lowest BCUT2D eigenvalue weighted by atomic mass is 9.83. The van der Waals surface area contributed by atoms with Gasteiger partial charge in [0, 0.05) is 18.9 Å². The van der Waals surface area contributed by atoms with Gasteiger partial charge in [-0.2, -0.15) is 0 Å². The van der Waals surface area contributed by atoms with E-state index in [2.05, 4.69) is 0 Å². The van der Waals surface area contributed by atoms with E-state index < -0.39 is 5.41 Å². The summed E-state index contributed by atoms with van der Waals surface area (Å²) in [6, 6.07) is 3.45. The molecule has 0 aliphatic carbocycles. The lowest BCUT2D eigenvalue weighted by Gasteiger charge is -2.28. The van der Waals surface area contributed by atoms with Crippen LogP contribution in [0.15, 0.2) is 18.3 Å². The van der Waals surface area contributed by atoms with Gasteiger partial charge in [0.15, 0.2) is 0 Å². The average molecular weight is 247 g/mol. The molecule has 5 heteroatoms. The highest BCUT2D eigenvalue weighted by atomic mass is 35.5. The third-order valence-corrected chi connectivity index (χ3v) is 2.79. The van der Waals surface area contributed by atoms with Crippen LogP contribution in [0.25, 0.3) is 0 Å². The number of carbonyl (C=O) groups excluding carboxylic acids is 1. The van der Waals surface area contributed by atoms with E-state index in [0.717, 1.165) is 5.69 Å². The maximum Gasteiger partial charge on any atom is 0.313 e. The molecule has 1 rings (SSSR count). The summed E-state index contributed by atoms with van der Waals surface area (Å²) in [6.45, 7) is 3.58. The van der Waals surface area contributed by atoms with Crippen molar-refractivity contribution in [1.29, 1.82) is 0 Å². The van der Waals surface area contributed by atoms with Gasteiger partial charge in [-0.05, 0) is 26.0 Å². The standard InChI is InChI=1S/C11H18N2O2.ClH/c1-11(2,10(14)15-4)9(12)8-6-5-7-13(8)3;/h5-7,9H,12H2,1-4H3;1H/t9-;/m0./s1. The van der Waals surface area contributed by atoms with Crippen molar-refractivity contribution in [2.75, 3.05) is 7.11 Å². The summed E-state index contributed by atoms with van der Waals surface area (Å²) in [5.74, 6) is -0.295. The van der Waals surface area contributed by atoms with Crippen molar-refractivity contribution in [2.24, 2.45) is 18.2 Å². The molecule has 1 aromatic rings. The molecule has 1 aromatic heterocycles. The van der Waals surface area contributed by atoms with Gasteiger partial charge in [0.05, 0.1) is 18.6 Å².